The molecule has 0 saturated carbocycles. The van der Waals surface area contributed by atoms with Gasteiger partial charge in [0.2, 0.25) is 0 Å². The van der Waals surface area contributed by atoms with E-state index < -0.39 is 12.6 Å². The molecular formula is C12H14F3NO. The Morgan fingerprint density at radius 1 is 1.41 bits per heavy atom. The molecule has 5 heteroatoms. The number of rotatable bonds is 5. The predicted octanol–water partition coefficient (Wildman–Crippen LogP) is 3.56. The molecule has 1 aromatic heterocycles. The highest BCUT2D eigenvalue weighted by atomic mass is 19.4. The quantitative estimate of drug-likeness (QED) is 0.742. The van der Waals surface area contributed by atoms with Crippen LogP contribution < -0.4 is 0 Å². The van der Waals surface area contributed by atoms with Crippen molar-refractivity contribution in [1.82, 2.24) is 4.98 Å². The number of ketones is 1. The molecule has 17 heavy (non-hydrogen) atoms. The van der Waals surface area contributed by atoms with E-state index in [-0.39, 0.29) is 18.6 Å². The molecular weight excluding hydrogens is 231 g/mol. The first kappa shape index (κ1) is 13.7. The summed E-state index contributed by atoms with van der Waals surface area (Å²) in [6.07, 6.45) is -1.62. The third-order valence-corrected chi connectivity index (χ3v) is 2.45. The normalized spacial score (nSPS) is 11.5. The maximum absolute atomic E-state index is 11.9. The SMILES string of the molecule is CCc1cnccc1C(=O)CCCC(F)(F)F. The lowest BCUT2D eigenvalue weighted by Crippen LogP contribution is -2.09. The third kappa shape index (κ3) is 4.54. The number of aryl methyl sites for hydroxylation is 1. The molecule has 1 rings (SSSR count). The standard InChI is InChI=1S/C12H14F3NO/c1-2-9-8-16-7-5-10(9)11(17)4-3-6-12(13,14)15/h5,7-8H,2-4,6H2,1H3. The van der Waals surface area contributed by atoms with Gasteiger partial charge in [0.25, 0.3) is 0 Å². The summed E-state index contributed by atoms with van der Waals surface area (Å²) in [5.41, 5.74) is 1.27. The molecule has 0 N–H and O–H groups in total. The molecule has 1 heterocycles. The van der Waals surface area contributed by atoms with Gasteiger partial charge in [0.15, 0.2) is 5.78 Å². The summed E-state index contributed by atoms with van der Waals surface area (Å²) in [4.78, 5) is 15.6. The maximum atomic E-state index is 11.9. The highest BCUT2D eigenvalue weighted by Crippen LogP contribution is 2.23. The number of carbonyl (C=O) groups excluding carboxylic acids is 1. The van der Waals surface area contributed by atoms with E-state index >= 15 is 0 Å². The molecule has 2 nitrogen and oxygen atoms in total. The van der Waals surface area contributed by atoms with E-state index in [9.17, 15) is 18.0 Å². The molecule has 0 fully saturated rings. The Kier molecular flexibility index (Phi) is 4.66. The summed E-state index contributed by atoms with van der Waals surface area (Å²) < 4.78 is 35.8. The second-order valence-electron chi connectivity index (χ2n) is 3.78. The molecule has 0 atom stereocenters. The van der Waals surface area contributed by atoms with Crippen molar-refractivity contribution >= 4 is 5.78 Å². The van der Waals surface area contributed by atoms with Crippen molar-refractivity contribution in [3.63, 3.8) is 0 Å². The van der Waals surface area contributed by atoms with Gasteiger partial charge in [-0.1, -0.05) is 6.92 Å². The van der Waals surface area contributed by atoms with E-state index in [1.54, 1.807) is 12.3 Å². The molecule has 0 aliphatic carbocycles. The van der Waals surface area contributed by atoms with Crippen molar-refractivity contribution in [3.8, 4) is 0 Å². The summed E-state index contributed by atoms with van der Waals surface area (Å²) in [5.74, 6) is -0.242. The number of alkyl halides is 3. The number of hydrogen-bond acceptors (Lipinski definition) is 2. The fourth-order valence-corrected chi connectivity index (χ4v) is 1.56. The average Bonchev–Trinajstić information content (AvgIpc) is 2.27. The summed E-state index contributed by atoms with van der Waals surface area (Å²) in [7, 11) is 0. The molecule has 0 aliphatic rings. The molecule has 0 unspecified atom stereocenters. The third-order valence-electron chi connectivity index (χ3n) is 2.45. The van der Waals surface area contributed by atoms with Gasteiger partial charge in [-0.05, 0) is 24.5 Å². The Balaban J connectivity index is 2.58. The van der Waals surface area contributed by atoms with Gasteiger partial charge in [-0.15, -0.1) is 0 Å². The summed E-state index contributed by atoms with van der Waals surface area (Å²) in [6, 6.07) is 1.56. The minimum atomic E-state index is -4.19. The van der Waals surface area contributed by atoms with Gasteiger partial charge in [-0.3, -0.25) is 9.78 Å². The van der Waals surface area contributed by atoms with Crippen LogP contribution in [0.2, 0.25) is 0 Å². The van der Waals surface area contributed by atoms with E-state index in [0.29, 0.717) is 12.0 Å². The minimum Gasteiger partial charge on any atom is -0.294 e. The topological polar surface area (TPSA) is 30.0 Å². The number of aromatic nitrogens is 1. The van der Waals surface area contributed by atoms with E-state index in [1.165, 1.54) is 6.20 Å². The molecule has 94 valence electrons. The summed E-state index contributed by atoms with van der Waals surface area (Å²) in [5, 5.41) is 0. The first-order valence-corrected chi connectivity index (χ1v) is 5.47. The highest BCUT2D eigenvalue weighted by Gasteiger charge is 2.26. The molecule has 0 aromatic carbocycles. The van der Waals surface area contributed by atoms with Crippen LogP contribution in [0.4, 0.5) is 13.2 Å². The summed E-state index contributed by atoms with van der Waals surface area (Å²) in [6.45, 7) is 1.88. The van der Waals surface area contributed by atoms with Gasteiger partial charge >= 0.3 is 6.18 Å². The van der Waals surface area contributed by atoms with Crippen molar-refractivity contribution in [1.29, 1.82) is 0 Å². The molecule has 0 bridgehead atoms. The number of hydrogen-bond donors (Lipinski definition) is 0. The minimum absolute atomic E-state index is 0.0729. The Morgan fingerprint density at radius 3 is 2.71 bits per heavy atom. The molecule has 0 amide bonds. The smallest absolute Gasteiger partial charge is 0.294 e. The molecule has 0 spiro atoms. The van der Waals surface area contributed by atoms with Crippen LogP contribution in [0.1, 0.15) is 42.1 Å². The van der Waals surface area contributed by atoms with Gasteiger partial charge in [0.1, 0.15) is 0 Å². The zero-order chi connectivity index (χ0) is 12.9. The Morgan fingerprint density at radius 2 is 2.12 bits per heavy atom. The average molecular weight is 245 g/mol. The van der Waals surface area contributed by atoms with Crippen LogP contribution in [0, 0.1) is 0 Å². The van der Waals surface area contributed by atoms with Gasteiger partial charge in [0.05, 0.1) is 0 Å². The fourth-order valence-electron chi connectivity index (χ4n) is 1.56. The Bertz CT molecular complexity index is 388. The van der Waals surface area contributed by atoms with Crippen molar-refractivity contribution < 1.29 is 18.0 Å². The number of Topliss-reactive ketones (excluding diaryl/α,β-unsaturated/α-hetero) is 1. The van der Waals surface area contributed by atoms with Crippen LogP contribution in [0.15, 0.2) is 18.5 Å². The van der Waals surface area contributed by atoms with Gasteiger partial charge in [-0.25, -0.2) is 0 Å². The molecule has 0 radical (unpaired) electrons. The number of carbonyl (C=O) groups is 1. The number of pyridine rings is 1. The monoisotopic (exact) mass is 245 g/mol. The van der Waals surface area contributed by atoms with Gasteiger partial charge in [-0.2, -0.15) is 13.2 Å². The highest BCUT2D eigenvalue weighted by molar-refractivity contribution is 5.97. The van der Waals surface area contributed by atoms with E-state index in [0.717, 1.165) is 5.56 Å². The lowest BCUT2D eigenvalue weighted by molar-refractivity contribution is -0.135. The second kappa shape index (κ2) is 5.80. The molecule has 1 aromatic rings. The molecule has 0 aliphatic heterocycles. The van der Waals surface area contributed by atoms with Crippen LogP contribution in [-0.4, -0.2) is 16.9 Å². The van der Waals surface area contributed by atoms with Crippen LogP contribution in [0.25, 0.3) is 0 Å². The van der Waals surface area contributed by atoms with Gasteiger partial charge in [0, 0.05) is 30.8 Å². The summed E-state index contributed by atoms with van der Waals surface area (Å²) >= 11 is 0. The van der Waals surface area contributed by atoms with Gasteiger partial charge < -0.3 is 0 Å². The van der Waals surface area contributed by atoms with Crippen molar-refractivity contribution in [2.75, 3.05) is 0 Å². The largest absolute Gasteiger partial charge is 0.389 e. The second-order valence-corrected chi connectivity index (χ2v) is 3.78. The lowest BCUT2D eigenvalue weighted by Gasteiger charge is -2.07. The Hall–Kier alpha value is -1.39. The number of nitrogens with zero attached hydrogens (tertiary/aromatic N) is 1. The van der Waals surface area contributed by atoms with E-state index in [4.69, 9.17) is 0 Å². The Labute approximate surface area is 97.9 Å². The zero-order valence-corrected chi connectivity index (χ0v) is 9.55. The fraction of sp³-hybridized carbons (Fsp3) is 0.500. The first-order chi connectivity index (χ1) is 7.94. The zero-order valence-electron chi connectivity index (χ0n) is 9.55. The van der Waals surface area contributed by atoms with Crippen molar-refractivity contribution in [3.05, 3.63) is 29.6 Å². The van der Waals surface area contributed by atoms with E-state index in [1.807, 2.05) is 6.92 Å². The van der Waals surface area contributed by atoms with Crippen molar-refractivity contribution in [2.45, 2.75) is 38.8 Å². The molecule has 0 saturated heterocycles. The number of halogens is 3. The van der Waals surface area contributed by atoms with Crippen LogP contribution in [-0.2, 0) is 6.42 Å². The lowest BCUT2D eigenvalue weighted by atomic mass is 10.0. The van der Waals surface area contributed by atoms with Crippen molar-refractivity contribution in [2.24, 2.45) is 0 Å². The maximum Gasteiger partial charge on any atom is 0.389 e. The first-order valence-electron chi connectivity index (χ1n) is 5.47. The predicted molar refractivity (Wildman–Crippen MR) is 57.9 cm³/mol. The van der Waals surface area contributed by atoms with Crippen LogP contribution >= 0.6 is 0 Å². The van der Waals surface area contributed by atoms with E-state index in [2.05, 4.69) is 4.98 Å². The van der Waals surface area contributed by atoms with Crippen LogP contribution in [0.3, 0.4) is 0 Å². The van der Waals surface area contributed by atoms with Crippen LogP contribution in [0.5, 0.6) is 0 Å².